The molecule has 1 N–H and O–H groups in total. The van der Waals surface area contributed by atoms with Crippen molar-refractivity contribution in [1.82, 2.24) is 20.0 Å². The van der Waals surface area contributed by atoms with E-state index in [0.29, 0.717) is 19.6 Å². The van der Waals surface area contributed by atoms with Gasteiger partial charge in [-0.25, -0.2) is 4.79 Å². The summed E-state index contributed by atoms with van der Waals surface area (Å²) >= 11 is 6.04. The maximum atomic E-state index is 12.2. The van der Waals surface area contributed by atoms with Crippen LogP contribution in [-0.4, -0.2) is 46.9 Å². The van der Waals surface area contributed by atoms with Gasteiger partial charge in [0, 0.05) is 50.1 Å². The number of piperazine rings is 1. The standard InChI is InChI=1S/C16H20ClN5O/c1-20-15(5-6-19-20)12-18-16(23)22-9-7-21(8-10-22)14-4-2-3-13(17)11-14/h2-6,11H,7-10,12H2,1H3,(H,18,23). The van der Waals surface area contributed by atoms with E-state index < -0.39 is 0 Å². The smallest absolute Gasteiger partial charge is 0.317 e. The molecule has 7 heteroatoms. The number of hydrogen-bond acceptors (Lipinski definition) is 3. The molecular formula is C16H20ClN5O. The van der Waals surface area contributed by atoms with Gasteiger partial charge in [0.25, 0.3) is 0 Å². The van der Waals surface area contributed by atoms with Gasteiger partial charge in [0.15, 0.2) is 0 Å². The Balaban J connectivity index is 1.50. The molecule has 0 spiro atoms. The maximum absolute atomic E-state index is 12.2. The van der Waals surface area contributed by atoms with Crippen LogP contribution in [0, 0.1) is 0 Å². The first kappa shape index (κ1) is 15.7. The molecule has 2 aromatic rings. The molecule has 23 heavy (non-hydrogen) atoms. The second kappa shape index (κ2) is 6.91. The van der Waals surface area contributed by atoms with E-state index in [1.807, 2.05) is 42.3 Å². The first-order chi connectivity index (χ1) is 11.1. The van der Waals surface area contributed by atoms with Crippen LogP contribution in [-0.2, 0) is 13.6 Å². The fourth-order valence-corrected chi connectivity index (χ4v) is 2.88. The van der Waals surface area contributed by atoms with Crippen molar-refractivity contribution < 1.29 is 4.79 Å². The third-order valence-electron chi connectivity index (χ3n) is 4.08. The first-order valence-corrected chi connectivity index (χ1v) is 8.01. The molecule has 1 saturated heterocycles. The molecule has 1 fully saturated rings. The summed E-state index contributed by atoms with van der Waals surface area (Å²) in [4.78, 5) is 16.3. The van der Waals surface area contributed by atoms with Crippen LogP contribution >= 0.6 is 11.6 Å². The Bertz CT molecular complexity index is 679. The Morgan fingerprint density at radius 1 is 1.26 bits per heavy atom. The molecule has 0 aliphatic carbocycles. The van der Waals surface area contributed by atoms with Gasteiger partial charge in [0.2, 0.25) is 0 Å². The van der Waals surface area contributed by atoms with Gasteiger partial charge >= 0.3 is 6.03 Å². The highest BCUT2D eigenvalue weighted by Gasteiger charge is 2.21. The predicted molar refractivity (Wildman–Crippen MR) is 90.7 cm³/mol. The van der Waals surface area contributed by atoms with Gasteiger partial charge in [-0.15, -0.1) is 0 Å². The largest absolute Gasteiger partial charge is 0.368 e. The van der Waals surface area contributed by atoms with Gasteiger partial charge in [0.05, 0.1) is 12.2 Å². The molecule has 3 rings (SSSR count). The molecule has 1 aromatic carbocycles. The van der Waals surface area contributed by atoms with E-state index >= 15 is 0 Å². The lowest BCUT2D eigenvalue weighted by Crippen LogP contribution is -2.51. The summed E-state index contributed by atoms with van der Waals surface area (Å²) in [7, 11) is 1.87. The number of carbonyl (C=O) groups is 1. The van der Waals surface area contributed by atoms with Crippen molar-refractivity contribution in [2.24, 2.45) is 7.05 Å². The van der Waals surface area contributed by atoms with Crippen LogP contribution in [0.1, 0.15) is 5.69 Å². The van der Waals surface area contributed by atoms with Gasteiger partial charge in [0.1, 0.15) is 0 Å². The molecule has 1 aliphatic rings. The lowest BCUT2D eigenvalue weighted by Gasteiger charge is -2.36. The van der Waals surface area contributed by atoms with Crippen LogP contribution in [0.3, 0.4) is 0 Å². The van der Waals surface area contributed by atoms with Crippen LogP contribution in [0.15, 0.2) is 36.5 Å². The average molecular weight is 334 g/mol. The van der Waals surface area contributed by atoms with E-state index in [2.05, 4.69) is 15.3 Å². The third-order valence-corrected chi connectivity index (χ3v) is 4.32. The maximum Gasteiger partial charge on any atom is 0.317 e. The van der Waals surface area contributed by atoms with Crippen LogP contribution in [0.25, 0.3) is 0 Å². The Hall–Kier alpha value is -2.21. The lowest BCUT2D eigenvalue weighted by atomic mass is 10.2. The number of amides is 2. The Morgan fingerprint density at radius 3 is 2.70 bits per heavy atom. The van der Waals surface area contributed by atoms with Crippen LogP contribution in [0.2, 0.25) is 5.02 Å². The van der Waals surface area contributed by atoms with Crippen molar-refractivity contribution in [3.8, 4) is 0 Å². The number of aryl methyl sites for hydroxylation is 1. The molecule has 1 aromatic heterocycles. The van der Waals surface area contributed by atoms with Gasteiger partial charge < -0.3 is 15.1 Å². The number of urea groups is 1. The summed E-state index contributed by atoms with van der Waals surface area (Å²) in [5, 5.41) is 7.77. The number of hydrogen-bond donors (Lipinski definition) is 1. The minimum absolute atomic E-state index is 0.0306. The lowest BCUT2D eigenvalue weighted by molar-refractivity contribution is 0.193. The fourth-order valence-electron chi connectivity index (χ4n) is 2.69. The number of nitrogens with one attached hydrogen (secondary N) is 1. The highest BCUT2D eigenvalue weighted by molar-refractivity contribution is 6.30. The highest BCUT2D eigenvalue weighted by Crippen LogP contribution is 2.20. The monoisotopic (exact) mass is 333 g/mol. The van der Waals surface area contributed by atoms with E-state index in [9.17, 15) is 4.79 Å². The Kier molecular flexibility index (Phi) is 4.71. The summed E-state index contributed by atoms with van der Waals surface area (Å²) in [6.45, 7) is 3.50. The van der Waals surface area contributed by atoms with E-state index in [1.54, 1.807) is 10.9 Å². The molecule has 122 valence electrons. The number of nitrogens with zero attached hydrogens (tertiary/aromatic N) is 4. The molecule has 0 radical (unpaired) electrons. The zero-order valence-electron chi connectivity index (χ0n) is 13.1. The molecule has 0 atom stereocenters. The number of benzene rings is 1. The van der Waals surface area contributed by atoms with E-state index in [-0.39, 0.29) is 6.03 Å². The average Bonchev–Trinajstić information content (AvgIpc) is 2.98. The van der Waals surface area contributed by atoms with E-state index in [4.69, 9.17) is 11.6 Å². The second-order valence-corrected chi connectivity index (χ2v) is 6.00. The minimum Gasteiger partial charge on any atom is -0.368 e. The van der Waals surface area contributed by atoms with E-state index in [1.165, 1.54) is 0 Å². The van der Waals surface area contributed by atoms with Crippen LogP contribution in [0.4, 0.5) is 10.5 Å². The fraction of sp³-hybridized carbons (Fsp3) is 0.375. The summed E-state index contributed by atoms with van der Waals surface area (Å²) < 4.78 is 1.76. The SMILES string of the molecule is Cn1nccc1CNC(=O)N1CCN(c2cccc(Cl)c2)CC1. The van der Waals surface area contributed by atoms with Crippen LogP contribution < -0.4 is 10.2 Å². The third kappa shape index (κ3) is 3.76. The number of halogens is 1. The van der Waals surface area contributed by atoms with Crippen molar-refractivity contribution in [3.05, 3.63) is 47.2 Å². The topological polar surface area (TPSA) is 53.4 Å². The zero-order valence-corrected chi connectivity index (χ0v) is 13.8. The highest BCUT2D eigenvalue weighted by atomic mass is 35.5. The number of anilines is 1. The first-order valence-electron chi connectivity index (χ1n) is 7.63. The van der Waals surface area contributed by atoms with Gasteiger partial charge in [-0.1, -0.05) is 17.7 Å². The second-order valence-electron chi connectivity index (χ2n) is 5.56. The number of aromatic nitrogens is 2. The summed E-state index contributed by atoms with van der Waals surface area (Å²) in [5.74, 6) is 0. The van der Waals surface area contributed by atoms with Gasteiger partial charge in [-0.3, -0.25) is 4.68 Å². The minimum atomic E-state index is -0.0306. The van der Waals surface area contributed by atoms with Gasteiger partial charge in [-0.05, 0) is 24.3 Å². The molecule has 0 unspecified atom stereocenters. The molecular weight excluding hydrogens is 314 g/mol. The molecule has 0 saturated carbocycles. The Morgan fingerprint density at radius 2 is 2.04 bits per heavy atom. The van der Waals surface area contributed by atoms with E-state index in [0.717, 1.165) is 29.5 Å². The Labute approximate surface area is 140 Å². The molecule has 6 nitrogen and oxygen atoms in total. The zero-order chi connectivity index (χ0) is 16.2. The van der Waals surface area contributed by atoms with Crippen molar-refractivity contribution in [2.75, 3.05) is 31.1 Å². The summed E-state index contributed by atoms with van der Waals surface area (Å²) in [5.41, 5.74) is 2.09. The quantitative estimate of drug-likeness (QED) is 0.936. The van der Waals surface area contributed by atoms with Crippen LogP contribution in [0.5, 0.6) is 0 Å². The molecule has 2 amide bonds. The number of carbonyl (C=O) groups excluding carboxylic acids is 1. The van der Waals surface area contributed by atoms with Crippen molar-refractivity contribution >= 4 is 23.3 Å². The summed E-state index contributed by atoms with van der Waals surface area (Å²) in [6, 6.07) is 9.69. The van der Waals surface area contributed by atoms with Gasteiger partial charge in [-0.2, -0.15) is 5.10 Å². The molecule has 1 aliphatic heterocycles. The molecule has 2 heterocycles. The predicted octanol–water partition coefficient (Wildman–Crippen LogP) is 2.11. The van der Waals surface area contributed by atoms with Crippen molar-refractivity contribution in [1.29, 1.82) is 0 Å². The normalized spacial score (nSPS) is 14.9. The summed E-state index contributed by atoms with van der Waals surface area (Å²) in [6.07, 6.45) is 1.73. The van der Waals surface area contributed by atoms with Crippen molar-refractivity contribution in [2.45, 2.75) is 6.54 Å². The van der Waals surface area contributed by atoms with Crippen molar-refractivity contribution in [3.63, 3.8) is 0 Å². The number of rotatable bonds is 3. The molecule has 0 bridgehead atoms.